The van der Waals surface area contributed by atoms with Crippen molar-refractivity contribution in [3.05, 3.63) is 23.8 Å². The van der Waals surface area contributed by atoms with Crippen LogP contribution in [-0.2, 0) is 6.42 Å². The van der Waals surface area contributed by atoms with Gasteiger partial charge in [0.2, 0.25) is 0 Å². The van der Waals surface area contributed by atoms with Crippen molar-refractivity contribution >= 4 is 11.8 Å². The number of aromatic hydroxyl groups is 1. The molecule has 1 aromatic carbocycles. The van der Waals surface area contributed by atoms with Crippen LogP contribution in [0.2, 0.25) is 0 Å². The molecular weight excluding hydrogens is 182 g/mol. The first-order valence-electron chi connectivity index (χ1n) is 4.29. The van der Waals surface area contributed by atoms with Crippen LogP contribution >= 0.6 is 11.8 Å². The minimum absolute atomic E-state index is 0.405. The Morgan fingerprint density at radius 1 is 1.46 bits per heavy atom. The molecule has 2 N–H and O–H groups in total. The van der Waals surface area contributed by atoms with Gasteiger partial charge < -0.3 is 10.4 Å². The lowest BCUT2D eigenvalue weighted by Gasteiger charge is -2.08. The first kappa shape index (κ1) is 10.4. The topological polar surface area (TPSA) is 32.3 Å². The molecule has 0 bridgehead atoms. The molecule has 0 spiro atoms. The van der Waals surface area contributed by atoms with Gasteiger partial charge in [-0.25, -0.2) is 0 Å². The van der Waals surface area contributed by atoms with Crippen LogP contribution < -0.4 is 5.32 Å². The van der Waals surface area contributed by atoms with Crippen LogP contribution in [0.15, 0.2) is 23.1 Å². The predicted octanol–water partition coefficient (Wildman–Crippen LogP) is 1.88. The van der Waals surface area contributed by atoms with E-state index in [9.17, 15) is 5.11 Å². The van der Waals surface area contributed by atoms with Crippen molar-refractivity contribution in [3.63, 3.8) is 0 Å². The van der Waals surface area contributed by atoms with Crippen LogP contribution in [-0.4, -0.2) is 25.0 Å². The lowest BCUT2D eigenvalue weighted by Crippen LogP contribution is -2.10. The van der Waals surface area contributed by atoms with Gasteiger partial charge in [-0.1, -0.05) is 6.07 Å². The average molecular weight is 197 g/mol. The van der Waals surface area contributed by atoms with E-state index in [1.165, 1.54) is 0 Å². The van der Waals surface area contributed by atoms with Crippen LogP contribution in [0.25, 0.3) is 0 Å². The van der Waals surface area contributed by atoms with Crippen molar-refractivity contribution in [2.45, 2.75) is 11.3 Å². The summed E-state index contributed by atoms with van der Waals surface area (Å²) in [5, 5.41) is 12.7. The van der Waals surface area contributed by atoms with Crippen LogP contribution in [0, 0.1) is 0 Å². The summed E-state index contributed by atoms with van der Waals surface area (Å²) in [4.78, 5) is 1.16. The highest BCUT2D eigenvalue weighted by molar-refractivity contribution is 7.98. The molecule has 0 unspecified atom stereocenters. The van der Waals surface area contributed by atoms with Crippen LogP contribution in [0.5, 0.6) is 5.75 Å². The minimum atomic E-state index is 0.405. The van der Waals surface area contributed by atoms with Crippen molar-refractivity contribution < 1.29 is 5.11 Å². The summed E-state index contributed by atoms with van der Waals surface area (Å²) >= 11 is 1.67. The predicted molar refractivity (Wildman–Crippen MR) is 57.5 cm³/mol. The van der Waals surface area contributed by atoms with Gasteiger partial charge in [0.25, 0.3) is 0 Å². The van der Waals surface area contributed by atoms with E-state index < -0.39 is 0 Å². The Hall–Kier alpha value is -0.670. The van der Waals surface area contributed by atoms with Gasteiger partial charge in [0.1, 0.15) is 5.75 Å². The van der Waals surface area contributed by atoms with Crippen molar-refractivity contribution in [2.75, 3.05) is 19.8 Å². The summed E-state index contributed by atoms with van der Waals surface area (Å²) in [6.45, 7) is 0.894. The van der Waals surface area contributed by atoms with Gasteiger partial charge in [-0.3, -0.25) is 0 Å². The maximum absolute atomic E-state index is 9.61. The standard InChI is InChI=1S/C10H15NOS/c1-11-7-6-8-9(12)4-3-5-10(8)13-2/h3-5,11-12H,6-7H2,1-2H3. The molecular formula is C10H15NOS. The van der Waals surface area contributed by atoms with Gasteiger partial charge in [0, 0.05) is 10.5 Å². The maximum atomic E-state index is 9.61. The Morgan fingerprint density at radius 2 is 2.23 bits per heavy atom. The van der Waals surface area contributed by atoms with Gasteiger partial charge in [0.15, 0.2) is 0 Å². The highest BCUT2D eigenvalue weighted by atomic mass is 32.2. The van der Waals surface area contributed by atoms with Gasteiger partial charge in [-0.05, 0) is 38.4 Å². The SMILES string of the molecule is CNCCc1c(O)cccc1SC. The number of thioether (sulfide) groups is 1. The molecule has 3 heteroatoms. The van der Waals surface area contributed by atoms with Crippen molar-refractivity contribution in [1.82, 2.24) is 5.32 Å². The lowest BCUT2D eigenvalue weighted by atomic mass is 10.1. The van der Waals surface area contributed by atoms with E-state index in [0.717, 1.165) is 23.4 Å². The lowest BCUT2D eigenvalue weighted by molar-refractivity contribution is 0.465. The number of rotatable bonds is 4. The largest absolute Gasteiger partial charge is 0.508 e. The molecule has 0 fully saturated rings. The average Bonchev–Trinajstić information content (AvgIpc) is 2.15. The molecule has 0 atom stereocenters. The molecule has 0 aliphatic carbocycles. The van der Waals surface area contributed by atoms with Gasteiger partial charge in [-0.15, -0.1) is 11.8 Å². The van der Waals surface area contributed by atoms with Gasteiger partial charge in [0.05, 0.1) is 0 Å². The number of likely N-dealkylation sites (N-methyl/N-ethyl adjacent to an activating group) is 1. The smallest absolute Gasteiger partial charge is 0.119 e. The second-order valence-corrected chi connectivity index (χ2v) is 3.66. The molecule has 0 aromatic heterocycles. The van der Waals surface area contributed by atoms with E-state index in [4.69, 9.17) is 0 Å². The number of nitrogens with one attached hydrogen (secondary N) is 1. The fourth-order valence-corrected chi connectivity index (χ4v) is 1.91. The number of phenols is 1. The zero-order chi connectivity index (χ0) is 9.68. The summed E-state index contributed by atoms with van der Waals surface area (Å²) in [6, 6.07) is 5.66. The maximum Gasteiger partial charge on any atom is 0.119 e. The molecule has 13 heavy (non-hydrogen) atoms. The third-order valence-electron chi connectivity index (χ3n) is 1.95. The first-order chi connectivity index (χ1) is 6.29. The molecule has 0 saturated carbocycles. The van der Waals surface area contributed by atoms with E-state index >= 15 is 0 Å². The second-order valence-electron chi connectivity index (χ2n) is 2.81. The van der Waals surface area contributed by atoms with E-state index in [0.29, 0.717) is 5.75 Å². The molecule has 0 heterocycles. The van der Waals surface area contributed by atoms with E-state index in [1.54, 1.807) is 17.8 Å². The van der Waals surface area contributed by atoms with Crippen molar-refractivity contribution in [2.24, 2.45) is 0 Å². The molecule has 2 nitrogen and oxygen atoms in total. The Morgan fingerprint density at radius 3 is 2.85 bits per heavy atom. The van der Waals surface area contributed by atoms with Crippen molar-refractivity contribution in [3.8, 4) is 5.75 Å². The first-order valence-corrected chi connectivity index (χ1v) is 5.51. The molecule has 0 amide bonds. The Labute approximate surface area is 83.4 Å². The zero-order valence-corrected chi connectivity index (χ0v) is 8.82. The van der Waals surface area contributed by atoms with E-state index in [2.05, 4.69) is 5.32 Å². The monoisotopic (exact) mass is 197 g/mol. The van der Waals surface area contributed by atoms with E-state index in [1.807, 2.05) is 25.4 Å². The van der Waals surface area contributed by atoms with E-state index in [-0.39, 0.29) is 0 Å². The van der Waals surface area contributed by atoms with Gasteiger partial charge >= 0.3 is 0 Å². The summed E-state index contributed by atoms with van der Waals surface area (Å²) in [7, 11) is 1.92. The summed E-state index contributed by atoms with van der Waals surface area (Å²) in [6.07, 6.45) is 2.90. The molecule has 0 aliphatic heterocycles. The Kier molecular flexibility index (Phi) is 4.12. The number of hydrogen-bond donors (Lipinski definition) is 2. The molecule has 0 aliphatic rings. The zero-order valence-electron chi connectivity index (χ0n) is 8.00. The molecule has 72 valence electrons. The summed E-state index contributed by atoms with van der Waals surface area (Å²) < 4.78 is 0. The highest BCUT2D eigenvalue weighted by Gasteiger charge is 2.05. The number of phenolic OH excluding ortho intramolecular Hbond substituents is 1. The summed E-state index contributed by atoms with van der Waals surface area (Å²) in [5.41, 5.74) is 1.05. The fraction of sp³-hybridized carbons (Fsp3) is 0.400. The minimum Gasteiger partial charge on any atom is -0.508 e. The third kappa shape index (κ3) is 2.64. The normalized spacial score (nSPS) is 10.3. The Bertz CT molecular complexity index is 276. The Balaban J connectivity index is 2.87. The van der Waals surface area contributed by atoms with Crippen LogP contribution in [0.3, 0.4) is 0 Å². The van der Waals surface area contributed by atoms with Crippen LogP contribution in [0.4, 0.5) is 0 Å². The second kappa shape index (κ2) is 5.14. The number of benzene rings is 1. The highest BCUT2D eigenvalue weighted by Crippen LogP contribution is 2.27. The quantitative estimate of drug-likeness (QED) is 0.723. The molecule has 0 saturated heterocycles. The van der Waals surface area contributed by atoms with Crippen molar-refractivity contribution in [1.29, 1.82) is 0 Å². The van der Waals surface area contributed by atoms with Crippen LogP contribution in [0.1, 0.15) is 5.56 Å². The van der Waals surface area contributed by atoms with Gasteiger partial charge in [-0.2, -0.15) is 0 Å². The number of hydrogen-bond acceptors (Lipinski definition) is 3. The summed E-state index contributed by atoms with van der Waals surface area (Å²) in [5.74, 6) is 0.405. The molecule has 1 rings (SSSR count). The fourth-order valence-electron chi connectivity index (χ4n) is 1.25. The molecule has 1 aromatic rings. The molecule has 0 radical (unpaired) electrons. The third-order valence-corrected chi connectivity index (χ3v) is 2.78.